The van der Waals surface area contributed by atoms with Crippen LogP contribution in [0.4, 0.5) is 16.2 Å². The van der Waals surface area contributed by atoms with Gasteiger partial charge < -0.3 is 16.0 Å². The summed E-state index contributed by atoms with van der Waals surface area (Å²) in [5.41, 5.74) is 6.29. The predicted octanol–water partition coefficient (Wildman–Crippen LogP) is 4.97. The van der Waals surface area contributed by atoms with Crippen molar-refractivity contribution >= 4 is 23.3 Å². The van der Waals surface area contributed by atoms with Gasteiger partial charge in [0.2, 0.25) is 5.91 Å². The lowest BCUT2D eigenvalue weighted by molar-refractivity contribution is -0.120. The highest BCUT2D eigenvalue weighted by molar-refractivity contribution is 5.99. The van der Waals surface area contributed by atoms with Crippen molar-refractivity contribution in [1.82, 2.24) is 15.1 Å². The van der Waals surface area contributed by atoms with Crippen LogP contribution in [0.5, 0.6) is 0 Å². The second-order valence-corrected chi connectivity index (χ2v) is 8.83. The molecule has 0 saturated carbocycles. The fraction of sp³-hybridized carbons (Fsp3) is 0.346. The maximum atomic E-state index is 12.6. The third kappa shape index (κ3) is 6.94. The van der Waals surface area contributed by atoms with E-state index in [-0.39, 0.29) is 11.9 Å². The molecule has 0 atom stereocenters. The van der Waals surface area contributed by atoms with E-state index in [1.165, 1.54) is 0 Å². The molecule has 3 rings (SSSR count). The quantitative estimate of drug-likeness (QED) is 0.456. The third-order valence-electron chi connectivity index (χ3n) is 5.36. The predicted molar refractivity (Wildman–Crippen MR) is 132 cm³/mol. The van der Waals surface area contributed by atoms with Crippen molar-refractivity contribution in [3.63, 3.8) is 0 Å². The van der Waals surface area contributed by atoms with Crippen LogP contribution >= 0.6 is 0 Å². The van der Waals surface area contributed by atoms with E-state index in [1.807, 2.05) is 74.0 Å². The first-order chi connectivity index (χ1) is 15.7. The molecule has 0 aliphatic carbocycles. The molecule has 7 heteroatoms. The minimum atomic E-state index is -0.314. The molecule has 0 bridgehead atoms. The van der Waals surface area contributed by atoms with Crippen molar-refractivity contribution in [3.05, 3.63) is 76.6 Å². The van der Waals surface area contributed by atoms with E-state index in [9.17, 15) is 9.59 Å². The molecule has 174 valence electrons. The molecular weight excluding hydrogens is 414 g/mol. The first-order valence-electron chi connectivity index (χ1n) is 11.2. The molecule has 0 aliphatic heterocycles. The summed E-state index contributed by atoms with van der Waals surface area (Å²) >= 11 is 0. The molecule has 7 nitrogen and oxygen atoms in total. The standard InChI is InChI=1S/C26H33N5O2/c1-17(2)16-31-20(5)24(19(4)30-31)14-25(32)27-15-21-9-7-11-23(13-21)29-26(33)28-22-10-6-8-18(3)12-22/h6-13,17H,14-16H2,1-5H3,(H,27,32)(H2,28,29,33). The summed E-state index contributed by atoms with van der Waals surface area (Å²) in [6, 6.07) is 14.7. The monoisotopic (exact) mass is 447 g/mol. The smallest absolute Gasteiger partial charge is 0.323 e. The summed E-state index contributed by atoms with van der Waals surface area (Å²) in [6.07, 6.45) is 0.298. The number of carbonyl (C=O) groups excluding carboxylic acids is 2. The summed E-state index contributed by atoms with van der Waals surface area (Å²) in [4.78, 5) is 24.9. The molecule has 33 heavy (non-hydrogen) atoms. The number of hydrogen-bond acceptors (Lipinski definition) is 3. The highest BCUT2D eigenvalue weighted by Gasteiger charge is 2.15. The SMILES string of the molecule is Cc1cccc(NC(=O)Nc2cccc(CNC(=O)Cc3c(C)nn(CC(C)C)c3C)c2)c1. The Morgan fingerprint density at radius 3 is 2.30 bits per heavy atom. The van der Waals surface area contributed by atoms with Gasteiger partial charge >= 0.3 is 6.03 Å². The zero-order chi connectivity index (χ0) is 24.0. The zero-order valence-corrected chi connectivity index (χ0v) is 20.0. The van der Waals surface area contributed by atoms with Crippen LogP contribution in [-0.4, -0.2) is 21.7 Å². The minimum Gasteiger partial charge on any atom is -0.352 e. The van der Waals surface area contributed by atoms with E-state index in [0.29, 0.717) is 24.6 Å². The van der Waals surface area contributed by atoms with Crippen molar-refractivity contribution in [1.29, 1.82) is 0 Å². The number of carbonyl (C=O) groups is 2. The molecule has 3 N–H and O–H groups in total. The fourth-order valence-electron chi connectivity index (χ4n) is 3.71. The first kappa shape index (κ1) is 24.0. The van der Waals surface area contributed by atoms with E-state index >= 15 is 0 Å². The summed E-state index contributed by atoms with van der Waals surface area (Å²) in [7, 11) is 0. The average Bonchev–Trinajstić information content (AvgIpc) is 2.99. The van der Waals surface area contributed by atoms with E-state index in [2.05, 4.69) is 34.9 Å². The van der Waals surface area contributed by atoms with Crippen molar-refractivity contribution < 1.29 is 9.59 Å². The second kappa shape index (κ2) is 10.8. The number of hydrogen-bond donors (Lipinski definition) is 3. The van der Waals surface area contributed by atoms with Gasteiger partial charge in [-0.05, 0) is 62.1 Å². The highest BCUT2D eigenvalue weighted by Crippen LogP contribution is 2.16. The number of urea groups is 1. The molecule has 0 aliphatic rings. The molecule has 2 aromatic carbocycles. The molecule has 0 saturated heterocycles. The van der Waals surface area contributed by atoms with Crippen LogP contribution in [0.2, 0.25) is 0 Å². The lowest BCUT2D eigenvalue weighted by Crippen LogP contribution is -2.25. The summed E-state index contributed by atoms with van der Waals surface area (Å²) in [5.74, 6) is 0.435. The summed E-state index contributed by atoms with van der Waals surface area (Å²) in [6.45, 7) is 11.5. The molecule has 0 fully saturated rings. The Morgan fingerprint density at radius 1 is 0.970 bits per heavy atom. The fourth-order valence-corrected chi connectivity index (χ4v) is 3.71. The number of rotatable bonds is 8. The lowest BCUT2D eigenvalue weighted by atomic mass is 10.1. The normalized spacial score (nSPS) is 10.8. The topological polar surface area (TPSA) is 88.1 Å². The molecule has 1 heterocycles. The van der Waals surface area contributed by atoms with Gasteiger partial charge in [-0.3, -0.25) is 9.48 Å². The molecular formula is C26H33N5O2. The highest BCUT2D eigenvalue weighted by atomic mass is 16.2. The number of nitrogens with one attached hydrogen (secondary N) is 3. The maximum Gasteiger partial charge on any atom is 0.323 e. The van der Waals surface area contributed by atoms with Gasteiger partial charge in [0.25, 0.3) is 0 Å². The summed E-state index contributed by atoms with van der Waals surface area (Å²) in [5, 5.41) is 13.2. The van der Waals surface area contributed by atoms with Gasteiger partial charge in [0.15, 0.2) is 0 Å². The van der Waals surface area contributed by atoms with Crippen LogP contribution in [-0.2, 0) is 24.3 Å². The van der Waals surface area contributed by atoms with E-state index < -0.39 is 0 Å². The van der Waals surface area contributed by atoms with Crippen LogP contribution in [0.3, 0.4) is 0 Å². The Balaban J connectivity index is 1.55. The van der Waals surface area contributed by atoms with E-state index in [4.69, 9.17) is 0 Å². The van der Waals surface area contributed by atoms with Gasteiger partial charge in [0.05, 0.1) is 12.1 Å². The molecule has 3 amide bonds. The second-order valence-electron chi connectivity index (χ2n) is 8.83. The Hall–Kier alpha value is -3.61. The van der Waals surface area contributed by atoms with Gasteiger partial charge in [-0.15, -0.1) is 0 Å². The van der Waals surface area contributed by atoms with Gasteiger partial charge in [-0.25, -0.2) is 4.79 Å². The first-order valence-corrected chi connectivity index (χ1v) is 11.2. The van der Waals surface area contributed by atoms with Crippen LogP contribution in [0.1, 0.15) is 41.9 Å². The van der Waals surface area contributed by atoms with Gasteiger partial charge in [0, 0.05) is 35.7 Å². The van der Waals surface area contributed by atoms with Crippen molar-refractivity contribution in [2.45, 2.75) is 54.1 Å². The number of amides is 3. The van der Waals surface area contributed by atoms with Crippen molar-refractivity contribution in [2.24, 2.45) is 5.92 Å². The molecule has 1 aromatic heterocycles. The lowest BCUT2D eigenvalue weighted by Gasteiger charge is -2.11. The molecule has 0 spiro atoms. The number of nitrogens with zero attached hydrogens (tertiary/aromatic N) is 2. The molecule has 0 radical (unpaired) electrons. The van der Waals surface area contributed by atoms with Crippen LogP contribution < -0.4 is 16.0 Å². The maximum absolute atomic E-state index is 12.6. The number of aromatic nitrogens is 2. The Kier molecular flexibility index (Phi) is 7.87. The minimum absolute atomic E-state index is 0.0548. The van der Waals surface area contributed by atoms with E-state index in [0.717, 1.165) is 40.3 Å². The molecule has 3 aromatic rings. The van der Waals surface area contributed by atoms with Gasteiger partial charge in [-0.1, -0.05) is 38.1 Å². The van der Waals surface area contributed by atoms with Crippen LogP contribution in [0.25, 0.3) is 0 Å². The largest absolute Gasteiger partial charge is 0.352 e. The Morgan fingerprint density at radius 2 is 1.64 bits per heavy atom. The summed E-state index contributed by atoms with van der Waals surface area (Å²) < 4.78 is 1.99. The number of anilines is 2. The van der Waals surface area contributed by atoms with Gasteiger partial charge in [0.1, 0.15) is 0 Å². The zero-order valence-electron chi connectivity index (χ0n) is 20.0. The van der Waals surface area contributed by atoms with Crippen LogP contribution in [0.15, 0.2) is 48.5 Å². The average molecular weight is 448 g/mol. The van der Waals surface area contributed by atoms with Crippen LogP contribution in [0, 0.1) is 26.7 Å². The van der Waals surface area contributed by atoms with Crippen molar-refractivity contribution in [3.8, 4) is 0 Å². The van der Waals surface area contributed by atoms with Crippen molar-refractivity contribution in [2.75, 3.05) is 10.6 Å². The number of benzene rings is 2. The van der Waals surface area contributed by atoms with E-state index in [1.54, 1.807) is 0 Å². The Labute approximate surface area is 195 Å². The number of aryl methyl sites for hydroxylation is 2. The molecule has 0 unspecified atom stereocenters. The Bertz CT molecular complexity index is 1130. The third-order valence-corrected chi connectivity index (χ3v) is 5.36. The van der Waals surface area contributed by atoms with Gasteiger partial charge in [-0.2, -0.15) is 5.10 Å².